The number of hydrogen-bond donors (Lipinski definition) is 4. The number of Topliss-reactive ketones (excluding diaryl/α,β-unsaturated/α-hetero) is 1. The maximum absolute atomic E-state index is 12.8. The number of nitrogens with one attached hydrogen (secondary N) is 3. The van der Waals surface area contributed by atoms with Gasteiger partial charge >= 0.3 is 12.0 Å². The molecule has 2 amide bonds. The average Bonchev–Trinajstić information content (AvgIpc) is 3.55. The third kappa shape index (κ3) is 4.91. The Morgan fingerprint density at radius 3 is 2.65 bits per heavy atom. The molecule has 0 aromatic carbocycles. The van der Waals surface area contributed by atoms with Crippen LogP contribution in [0, 0.1) is 5.92 Å². The summed E-state index contributed by atoms with van der Waals surface area (Å²) in [5.41, 5.74) is 0.220. The predicted molar refractivity (Wildman–Crippen MR) is 116 cm³/mol. The largest absolute Gasteiger partial charge is 0.481 e. The summed E-state index contributed by atoms with van der Waals surface area (Å²) in [5.74, 6) is -1.51. The molecule has 0 atom stereocenters. The summed E-state index contributed by atoms with van der Waals surface area (Å²) in [4.78, 5) is 44.5. The van der Waals surface area contributed by atoms with E-state index in [2.05, 4.69) is 36.0 Å². The fourth-order valence-electron chi connectivity index (χ4n) is 3.57. The molecule has 34 heavy (non-hydrogen) atoms. The topological polar surface area (TPSA) is 210 Å². The first-order chi connectivity index (χ1) is 16.3. The van der Waals surface area contributed by atoms with Crippen LogP contribution in [-0.2, 0) is 21.1 Å². The molecule has 3 aromatic rings. The summed E-state index contributed by atoms with van der Waals surface area (Å²) in [6.07, 6.45) is 5.61. The monoisotopic (exact) mass is 506 g/mol. The van der Waals surface area contributed by atoms with E-state index >= 15 is 0 Å². The normalized spacial score (nSPS) is 14.1. The third-order valence-corrected chi connectivity index (χ3v) is 8.17. The Morgan fingerprint density at radius 1 is 1.21 bits per heavy atom. The third-order valence-electron chi connectivity index (χ3n) is 5.07. The highest BCUT2D eigenvalue weighted by Gasteiger charge is 2.31. The predicted octanol–water partition coefficient (Wildman–Crippen LogP) is 1.53. The minimum Gasteiger partial charge on any atom is -0.481 e. The Bertz CT molecular complexity index is 1330. The molecule has 1 saturated carbocycles. The number of aromatic amines is 1. The van der Waals surface area contributed by atoms with Crippen LogP contribution in [0.3, 0.4) is 0 Å². The molecule has 16 heteroatoms. The number of carbonyl (C=O) groups excluding carboxylic acids is 2. The highest BCUT2D eigenvalue weighted by Crippen LogP contribution is 2.32. The molecule has 4 rings (SSSR count). The van der Waals surface area contributed by atoms with Gasteiger partial charge in [-0.3, -0.25) is 19.9 Å². The standard InChI is InChI=1S/C18H18N8O6S2/c27-13(28)7-11-15(34(31,32)18-23-25-26-24-18)33-17(21-11)22-16(30)20-12-8-19-6-5-10(12)14(29)9-3-1-2-4-9/h5-6,8-9H,1-4,7H2,(H,27,28)(H2,20,21,22,30)(H,23,24,25,26). The summed E-state index contributed by atoms with van der Waals surface area (Å²) in [6, 6.07) is 0.716. The number of carboxylic acids is 1. The van der Waals surface area contributed by atoms with Crippen LogP contribution in [0.5, 0.6) is 0 Å². The van der Waals surface area contributed by atoms with Crippen LogP contribution < -0.4 is 10.6 Å². The number of urea groups is 1. The first kappa shape index (κ1) is 23.4. The highest BCUT2D eigenvalue weighted by molar-refractivity contribution is 7.93. The molecule has 0 saturated heterocycles. The maximum Gasteiger partial charge on any atom is 0.325 e. The van der Waals surface area contributed by atoms with Crippen molar-refractivity contribution in [3.63, 3.8) is 0 Å². The second-order valence-corrected chi connectivity index (χ2v) is 10.4. The number of carbonyl (C=O) groups is 3. The van der Waals surface area contributed by atoms with Gasteiger partial charge in [-0.1, -0.05) is 29.3 Å². The highest BCUT2D eigenvalue weighted by atomic mass is 32.2. The molecule has 14 nitrogen and oxygen atoms in total. The molecule has 3 heterocycles. The first-order valence-electron chi connectivity index (χ1n) is 10.0. The molecular weight excluding hydrogens is 488 g/mol. The number of ketones is 1. The average molecular weight is 507 g/mol. The van der Waals surface area contributed by atoms with Crippen LogP contribution >= 0.6 is 11.3 Å². The van der Waals surface area contributed by atoms with Crippen molar-refractivity contribution in [1.82, 2.24) is 30.6 Å². The van der Waals surface area contributed by atoms with Gasteiger partial charge in [0.15, 0.2) is 15.1 Å². The molecule has 1 aliphatic carbocycles. The van der Waals surface area contributed by atoms with Gasteiger partial charge in [-0.15, -0.1) is 5.10 Å². The SMILES string of the molecule is O=C(O)Cc1nc(NC(=O)Nc2cnccc2C(=O)C2CCCC2)sc1S(=O)(=O)c1nn[nH]n1. The van der Waals surface area contributed by atoms with Crippen LogP contribution in [0.15, 0.2) is 27.8 Å². The quantitative estimate of drug-likeness (QED) is 0.322. The van der Waals surface area contributed by atoms with Crippen LogP contribution in [-0.4, -0.2) is 61.9 Å². The zero-order valence-corrected chi connectivity index (χ0v) is 19.0. The fourth-order valence-corrected chi connectivity index (χ4v) is 6.09. The van der Waals surface area contributed by atoms with Crippen LogP contribution in [0.2, 0.25) is 0 Å². The molecule has 1 aliphatic rings. The van der Waals surface area contributed by atoms with Gasteiger partial charge in [0.1, 0.15) is 0 Å². The Balaban J connectivity index is 1.56. The molecule has 0 unspecified atom stereocenters. The van der Waals surface area contributed by atoms with Crippen molar-refractivity contribution in [2.75, 3.05) is 10.6 Å². The minimum absolute atomic E-state index is 0.0818. The number of anilines is 2. The summed E-state index contributed by atoms with van der Waals surface area (Å²) >= 11 is 0.538. The lowest BCUT2D eigenvalue weighted by Gasteiger charge is -2.13. The van der Waals surface area contributed by atoms with Crippen molar-refractivity contribution in [3.05, 3.63) is 29.7 Å². The van der Waals surface area contributed by atoms with Gasteiger partial charge in [0, 0.05) is 17.7 Å². The molecule has 0 aliphatic heterocycles. The van der Waals surface area contributed by atoms with E-state index in [-0.39, 0.29) is 28.2 Å². The number of pyridine rings is 1. The number of aliphatic carboxylic acids is 1. The molecule has 4 N–H and O–H groups in total. The van der Waals surface area contributed by atoms with Crippen molar-refractivity contribution in [1.29, 1.82) is 0 Å². The minimum atomic E-state index is -4.32. The van der Waals surface area contributed by atoms with E-state index in [0.29, 0.717) is 16.9 Å². The zero-order chi connectivity index (χ0) is 24.3. The number of aromatic nitrogens is 6. The lowest BCUT2D eigenvalue weighted by Crippen LogP contribution is -2.22. The maximum atomic E-state index is 12.8. The van der Waals surface area contributed by atoms with Gasteiger partial charge in [0.2, 0.25) is 0 Å². The Morgan fingerprint density at radius 2 is 1.97 bits per heavy atom. The molecule has 0 radical (unpaired) electrons. The molecule has 3 aromatic heterocycles. The summed E-state index contributed by atoms with van der Waals surface area (Å²) in [7, 11) is -4.32. The van der Waals surface area contributed by atoms with Crippen molar-refractivity contribution < 1.29 is 27.9 Å². The van der Waals surface area contributed by atoms with E-state index in [1.54, 1.807) is 0 Å². The van der Waals surface area contributed by atoms with E-state index < -0.39 is 37.6 Å². The van der Waals surface area contributed by atoms with Gasteiger partial charge in [-0.25, -0.2) is 18.2 Å². The summed E-state index contributed by atoms with van der Waals surface area (Å²) < 4.78 is 25.1. The molecule has 0 spiro atoms. The van der Waals surface area contributed by atoms with Gasteiger partial charge in [-0.2, -0.15) is 5.21 Å². The Hall–Kier alpha value is -3.79. The lowest BCUT2D eigenvalue weighted by molar-refractivity contribution is -0.136. The van der Waals surface area contributed by atoms with E-state index in [0.717, 1.165) is 25.7 Å². The van der Waals surface area contributed by atoms with E-state index in [1.165, 1.54) is 18.5 Å². The first-order valence-corrected chi connectivity index (χ1v) is 12.3. The zero-order valence-electron chi connectivity index (χ0n) is 17.4. The molecular formula is C18H18N8O6S2. The van der Waals surface area contributed by atoms with Gasteiger partial charge in [0.05, 0.1) is 24.0 Å². The number of tetrazole rings is 1. The van der Waals surface area contributed by atoms with Gasteiger partial charge < -0.3 is 10.4 Å². The fraction of sp³-hybridized carbons (Fsp3) is 0.333. The number of rotatable bonds is 8. The smallest absolute Gasteiger partial charge is 0.325 e. The molecule has 178 valence electrons. The number of hydrogen-bond acceptors (Lipinski definition) is 11. The summed E-state index contributed by atoms with van der Waals surface area (Å²) in [5, 5.41) is 25.3. The number of amides is 2. The van der Waals surface area contributed by atoms with E-state index in [1.807, 2.05) is 5.21 Å². The molecule has 0 bridgehead atoms. The lowest BCUT2D eigenvalue weighted by atomic mass is 9.96. The van der Waals surface area contributed by atoms with Crippen LogP contribution in [0.1, 0.15) is 41.7 Å². The van der Waals surface area contributed by atoms with Crippen molar-refractivity contribution in [3.8, 4) is 0 Å². The second kappa shape index (κ2) is 9.60. The Kier molecular flexibility index (Phi) is 6.60. The van der Waals surface area contributed by atoms with E-state index in [4.69, 9.17) is 5.11 Å². The van der Waals surface area contributed by atoms with Crippen molar-refractivity contribution in [2.45, 2.75) is 41.5 Å². The van der Waals surface area contributed by atoms with Gasteiger partial charge in [0.25, 0.3) is 15.0 Å². The van der Waals surface area contributed by atoms with Crippen LogP contribution in [0.4, 0.5) is 15.6 Å². The number of sulfone groups is 1. The van der Waals surface area contributed by atoms with Crippen molar-refractivity contribution in [2.24, 2.45) is 5.92 Å². The Labute approximate surface area is 196 Å². The van der Waals surface area contributed by atoms with Crippen molar-refractivity contribution >= 4 is 49.8 Å². The van der Waals surface area contributed by atoms with Crippen LogP contribution in [0.25, 0.3) is 0 Å². The number of H-pyrrole nitrogens is 1. The van der Waals surface area contributed by atoms with E-state index in [9.17, 15) is 22.8 Å². The number of nitrogens with zero attached hydrogens (tertiary/aromatic N) is 5. The second-order valence-electron chi connectivity index (χ2n) is 7.37. The number of carboxylic acid groups (broad SMARTS) is 1. The van der Waals surface area contributed by atoms with Gasteiger partial charge in [-0.05, 0) is 24.1 Å². The summed E-state index contributed by atoms with van der Waals surface area (Å²) in [6.45, 7) is 0. The molecule has 1 fully saturated rings. The number of thiazole rings is 1.